The van der Waals surface area contributed by atoms with Crippen LogP contribution < -0.4 is 10.2 Å². The van der Waals surface area contributed by atoms with Crippen LogP contribution in [0, 0.1) is 6.92 Å². The van der Waals surface area contributed by atoms with Crippen LogP contribution in [-0.4, -0.2) is 23.8 Å². The van der Waals surface area contributed by atoms with Crippen molar-refractivity contribution in [3.63, 3.8) is 0 Å². The Morgan fingerprint density at radius 3 is 2.73 bits per heavy atom. The van der Waals surface area contributed by atoms with E-state index in [4.69, 9.17) is 4.74 Å². The van der Waals surface area contributed by atoms with E-state index in [9.17, 15) is 9.90 Å². The number of carbonyl (C=O) groups excluding carboxylic acids is 1. The molecule has 0 bridgehead atoms. The summed E-state index contributed by atoms with van der Waals surface area (Å²) in [7, 11) is 0. The molecule has 5 nitrogen and oxygen atoms in total. The van der Waals surface area contributed by atoms with Crippen LogP contribution in [0.15, 0.2) is 44.4 Å². The van der Waals surface area contributed by atoms with E-state index in [1.807, 2.05) is 25.1 Å². The topological polar surface area (TPSA) is 70.9 Å². The summed E-state index contributed by atoms with van der Waals surface area (Å²) in [6.45, 7) is 5.98. The van der Waals surface area contributed by atoms with Crippen molar-refractivity contribution in [1.29, 1.82) is 0 Å². The van der Waals surface area contributed by atoms with Gasteiger partial charge in [0.05, 0.1) is 10.7 Å². The van der Waals surface area contributed by atoms with Crippen molar-refractivity contribution in [1.82, 2.24) is 5.43 Å². The lowest BCUT2D eigenvalue weighted by Crippen LogP contribution is -2.25. The van der Waals surface area contributed by atoms with Gasteiger partial charge in [-0.3, -0.25) is 4.79 Å². The van der Waals surface area contributed by atoms with Crippen LogP contribution in [0.5, 0.6) is 11.5 Å². The van der Waals surface area contributed by atoms with Gasteiger partial charge in [0, 0.05) is 10.0 Å². The van der Waals surface area contributed by atoms with Gasteiger partial charge in [0.2, 0.25) is 0 Å². The first-order valence-corrected chi connectivity index (χ1v) is 9.59. The average molecular weight is 484 g/mol. The molecule has 2 N–H and O–H groups in total. The number of hydrogen-bond donors (Lipinski definition) is 2. The van der Waals surface area contributed by atoms with Gasteiger partial charge in [0.25, 0.3) is 5.91 Å². The summed E-state index contributed by atoms with van der Waals surface area (Å²) >= 11 is 6.58. The Labute approximate surface area is 169 Å². The van der Waals surface area contributed by atoms with E-state index in [0.717, 1.165) is 15.6 Å². The second kappa shape index (κ2) is 9.19. The SMILES string of the molecule is Cc1ccc(C(C)C)c(OCC(=O)N/N=C\c2cc(Br)cc(Br)c2O)c1. The Bertz CT molecular complexity index is 836. The van der Waals surface area contributed by atoms with Crippen molar-refractivity contribution in [2.45, 2.75) is 26.7 Å². The Balaban J connectivity index is 1.97. The zero-order valence-corrected chi connectivity index (χ0v) is 17.9. The van der Waals surface area contributed by atoms with E-state index >= 15 is 0 Å². The van der Waals surface area contributed by atoms with Crippen LogP contribution in [-0.2, 0) is 4.79 Å². The number of amides is 1. The zero-order chi connectivity index (χ0) is 19.3. The number of rotatable bonds is 6. The summed E-state index contributed by atoms with van der Waals surface area (Å²) in [5.74, 6) is 0.659. The van der Waals surface area contributed by atoms with Gasteiger partial charge in [-0.05, 0) is 58.1 Å². The molecule has 0 aliphatic carbocycles. The molecule has 1 amide bonds. The number of halogens is 2. The maximum absolute atomic E-state index is 12.0. The van der Waals surface area contributed by atoms with E-state index in [1.165, 1.54) is 6.21 Å². The van der Waals surface area contributed by atoms with Crippen LogP contribution >= 0.6 is 31.9 Å². The van der Waals surface area contributed by atoms with Crippen molar-refractivity contribution in [3.05, 3.63) is 56.0 Å². The predicted molar refractivity (Wildman–Crippen MR) is 110 cm³/mol. The number of nitrogens with one attached hydrogen (secondary N) is 1. The maximum Gasteiger partial charge on any atom is 0.277 e. The minimum atomic E-state index is -0.383. The van der Waals surface area contributed by atoms with Gasteiger partial charge in [0.15, 0.2) is 6.61 Å². The normalized spacial score (nSPS) is 11.2. The number of aryl methyl sites for hydroxylation is 1. The third kappa shape index (κ3) is 5.57. The molecule has 0 aliphatic rings. The highest BCUT2D eigenvalue weighted by Crippen LogP contribution is 2.30. The molecule has 0 fully saturated rings. The van der Waals surface area contributed by atoms with Crippen molar-refractivity contribution in [2.75, 3.05) is 6.61 Å². The zero-order valence-electron chi connectivity index (χ0n) is 14.7. The predicted octanol–water partition coefficient (Wildman–Crippen LogP) is 4.88. The molecule has 26 heavy (non-hydrogen) atoms. The van der Waals surface area contributed by atoms with Gasteiger partial charge >= 0.3 is 0 Å². The number of phenols is 1. The Morgan fingerprint density at radius 2 is 2.04 bits per heavy atom. The molecule has 0 unspecified atom stereocenters. The quantitative estimate of drug-likeness (QED) is 0.454. The third-order valence-corrected chi connectivity index (χ3v) is 4.66. The molecule has 0 heterocycles. The molecule has 2 aromatic rings. The number of aromatic hydroxyl groups is 1. The van der Waals surface area contributed by atoms with Crippen molar-refractivity contribution >= 4 is 44.0 Å². The second-order valence-electron chi connectivity index (χ2n) is 6.10. The molecule has 7 heteroatoms. The molecular weight excluding hydrogens is 464 g/mol. The fourth-order valence-corrected chi connectivity index (χ4v) is 3.54. The van der Waals surface area contributed by atoms with Gasteiger partial charge in [0.1, 0.15) is 11.5 Å². The van der Waals surface area contributed by atoms with E-state index in [2.05, 4.69) is 56.2 Å². The van der Waals surface area contributed by atoms with Crippen LogP contribution in [0.25, 0.3) is 0 Å². The molecule has 0 saturated carbocycles. The van der Waals surface area contributed by atoms with Crippen molar-refractivity contribution in [2.24, 2.45) is 5.10 Å². The molecule has 0 spiro atoms. The fraction of sp³-hybridized carbons (Fsp3) is 0.263. The lowest BCUT2D eigenvalue weighted by atomic mass is 10.0. The molecule has 0 saturated heterocycles. The monoisotopic (exact) mass is 482 g/mol. The lowest BCUT2D eigenvalue weighted by molar-refractivity contribution is -0.123. The highest BCUT2D eigenvalue weighted by atomic mass is 79.9. The second-order valence-corrected chi connectivity index (χ2v) is 7.87. The van der Waals surface area contributed by atoms with Gasteiger partial charge < -0.3 is 9.84 Å². The number of ether oxygens (including phenoxy) is 1. The van der Waals surface area contributed by atoms with Crippen LogP contribution in [0.4, 0.5) is 0 Å². The van der Waals surface area contributed by atoms with Gasteiger partial charge in [-0.25, -0.2) is 5.43 Å². The van der Waals surface area contributed by atoms with Crippen LogP contribution in [0.3, 0.4) is 0 Å². The minimum Gasteiger partial charge on any atom is -0.506 e. The first-order chi connectivity index (χ1) is 12.3. The molecule has 0 radical (unpaired) electrons. The van der Waals surface area contributed by atoms with Crippen LogP contribution in [0.1, 0.15) is 36.5 Å². The van der Waals surface area contributed by atoms with Crippen molar-refractivity contribution < 1.29 is 14.6 Å². The number of carbonyl (C=O) groups is 1. The number of hydrazone groups is 1. The average Bonchev–Trinajstić information content (AvgIpc) is 2.57. The van der Waals surface area contributed by atoms with Crippen LogP contribution in [0.2, 0.25) is 0 Å². The summed E-state index contributed by atoms with van der Waals surface area (Å²) in [5.41, 5.74) is 4.98. The summed E-state index contributed by atoms with van der Waals surface area (Å²) in [6.07, 6.45) is 1.37. The summed E-state index contributed by atoms with van der Waals surface area (Å²) in [6, 6.07) is 9.36. The lowest BCUT2D eigenvalue weighted by Gasteiger charge is -2.14. The number of phenolic OH excluding ortho intramolecular Hbond substituents is 1. The minimum absolute atomic E-state index is 0.0452. The van der Waals surface area contributed by atoms with Gasteiger partial charge in [-0.1, -0.05) is 41.9 Å². The number of benzene rings is 2. The van der Waals surface area contributed by atoms with Gasteiger partial charge in [-0.2, -0.15) is 5.10 Å². The Kier molecular flexibility index (Phi) is 7.23. The summed E-state index contributed by atoms with van der Waals surface area (Å²) in [4.78, 5) is 12.0. The molecule has 138 valence electrons. The highest BCUT2D eigenvalue weighted by molar-refractivity contribution is 9.11. The maximum atomic E-state index is 12.0. The largest absolute Gasteiger partial charge is 0.506 e. The fourth-order valence-electron chi connectivity index (χ4n) is 2.28. The molecule has 2 aromatic carbocycles. The van der Waals surface area contributed by atoms with Crippen molar-refractivity contribution in [3.8, 4) is 11.5 Å². The number of hydrogen-bond acceptors (Lipinski definition) is 4. The van der Waals surface area contributed by atoms with E-state index in [1.54, 1.807) is 12.1 Å². The molecule has 0 aromatic heterocycles. The van der Waals surface area contributed by atoms with Gasteiger partial charge in [-0.15, -0.1) is 0 Å². The standard InChI is InChI=1S/C19H20Br2N2O3/c1-11(2)15-5-4-12(3)6-17(15)26-10-18(24)23-22-9-13-7-14(20)8-16(21)19(13)25/h4-9,11,25H,10H2,1-3H3,(H,23,24)/b22-9-. The molecule has 0 aliphatic heterocycles. The first kappa shape index (κ1) is 20.5. The smallest absolute Gasteiger partial charge is 0.277 e. The highest BCUT2D eigenvalue weighted by Gasteiger charge is 2.10. The van der Waals surface area contributed by atoms with E-state index in [-0.39, 0.29) is 18.3 Å². The third-order valence-electron chi connectivity index (χ3n) is 3.60. The van der Waals surface area contributed by atoms with E-state index in [0.29, 0.717) is 21.7 Å². The Morgan fingerprint density at radius 1 is 1.31 bits per heavy atom. The first-order valence-electron chi connectivity index (χ1n) is 8.01. The Hall–Kier alpha value is -1.86. The molecule has 0 atom stereocenters. The summed E-state index contributed by atoms with van der Waals surface area (Å²) < 4.78 is 6.96. The summed E-state index contributed by atoms with van der Waals surface area (Å²) in [5, 5.41) is 13.8. The van der Waals surface area contributed by atoms with E-state index < -0.39 is 0 Å². The number of nitrogens with zero attached hydrogens (tertiary/aromatic N) is 1. The molecule has 2 rings (SSSR count). The molecular formula is C19H20Br2N2O3.